The van der Waals surface area contributed by atoms with E-state index in [0.29, 0.717) is 30.0 Å². The molecule has 2 aromatic rings. The van der Waals surface area contributed by atoms with Gasteiger partial charge in [-0.05, 0) is 59.0 Å². The van der Waals surface area contributed by atoms with Crippen LogP contribution in [0.25, 0.3) is 11.1 Å². The Balaban J connectivity index is 1.88. The minimum absolute atomic E-state index is 0.0124. The normalized spacial score (nSPS) is 20.0. The van der Waals surface area contributed by atoms with Crippen molar-refractivity contribution in [2.45, 2.75) is 25.7 Å². The number of benzene rings is 2. The Morgan fingerprint density at radius 3 is 2.69 bits per heavy atom. The second kappa shape index (κ2) is 6.28. The van der Waals surface area contributed by atoms with E-state index in [-0.39, 0.29) is 6.04 Å². The first-order valence-electron chi connectivity index (χ1n) is 8.72. The van der Waals surface area contributed by atoms with Crippen LogP contribution in [-0.2, 0) is 12.7 Å². The number of nitrogens with one attached hydrogen (secondary N) is 1. The largest absolute Gasteiger partial charge is 0.497 e. The maximum absolute atomic E-state index is 13.8. The lowest BCUT2D eigenvalue weighted by Crippen LogP contribution is -2.42. The van der Waals surface area contributed by atoms with E-state index in [2.05, 4.69) is 10.2 Å². The molecule has 2 aromatic carbocycles. The Morgan fingerprint density at radius 1 is 1.19 bits per heavy atom. The van der Waals surface area contributed by atoms with Crippen molar-refractivity contribution in [3.63, 3.8) is 0 Å². The average molecular weight is 362 g/mol. The predicted molar refractivity (Wildman–Crippen MR) is 94.2 cm³/mol. The second-order valence-electron chi connectivity index (χ2n) is 6.96. The highest BCUT2D eigenvalue weighted by Gasteiger charge is 2.41. The van der Waals surface area contributed by atoms with Crippen molar-refractivity contribution in [2.75, 3.05) is 26.7 Å². The van der Waals surface area contributed by atoms with Crippen molar-refractivity contribution in [3.8, 4) is 16.9 Å². The number of aryl methyl sites for hydroxylation is 1. The van der Waals surface area contributed by atoms with Gasteiger partial charge in [0.25, 0.3) is 0 Å². The zero-order chi connectivity index (χ0) is 18.5. The van der Waals surface area contributed by atoms with Gasteiger partial charge in [0.05, 0.1) is 12.7 Å². The molecule has 1 saturated heterocycles. The summed E-state index contributed by atoms with van der Waals surface area (Å²) in [6.07, 6.45) is -4.36. The molecule has 0 aromatic heterocycles. The zero-order valence-electron chi connectivity index (χ0n) is 14.8. The van der Waals surface area contributed by atoms with Crippen molar-refractivity contribution in [2.24, 2.45) is 0 Å². The van der Waals surface area contributed by atoms with Gasteiger partial charge >= 0.3 is 6.18 Å². The minimum atomic E-state index is -4.36. The Bertz CT molecular complexity index is 848. The van der Waals surface area contributed by atoms with Gasteiger partial charge in [-0.3, -0.25) is 4.90 Å². The first kappa shape index (κ1) is 17.4. The molecule has 2 heterocycles. The molecule has 2 aliphatic heterocycles. The van der Waals surface area contributed by atoms with E-state index in [4.69, 9.17) is 4.74 Å². The molecule has 0 amide bonds. The topological polar surface area (TPSA) is 24.5 Å². The van der Waals surface area contributed by atoms with Crippen LogP contribution in [0.4, 0.5) is 13.2 Å². The van der Waals surface area contributed by atoms with Crippen LogP contribution >= 0.6 is 0 Å². The molecular weight excluding hydrogens is 341 g/mol. The smallest absolute Gasteiger partial charge is 0.416 e. The van der Waals surface area contributed by atoms with Gasteiger partial charge in [-0.25, -0.2) is 0 Å². The molecule has 3 nitrogen and oxygen atoms in total. The van der Waals surface area contributed by atoms with Gasteiger partial charge in [-0.15, -0.1) is 0 Å². The fourth-order valence-corrected chi connectivity index (χ4v) is 4.11. The van der Waals surface area contributed by atoms with Gasteiger partial charge in [-0.1, -0.05) is 6.07 Å². The number of halogens is 3. The molecule has 1 fully saturated rings. The van der Waals surface area contributed by atoms with Gasteiger partial charge in [0, 0.05) is 32.2 Å². The Kier molecular flexibility index (Phi) is 4.20. The molecule has 4 rings (SSSR count). The molecule has 0 saturated carbocycles. The molecular formula is C20H21F3N2O. The molecule has 0 bridgehead atoms. The van der Waals surface area contributed by atoms with E-state index in [1.807, 2.05) is 25.1 Å². The molecule has 0 unspecified atom stereocenters. The first-order valence-corrected chi connectivity index (χ1v) is 8.72. The Labute approximate surface area is 150 Å². The van der Waals surface area contributed by atoms with Gasteiger partial charge < -0.3 is 10.1 Å². The summed E-state index contributed by atoms with van der Waals surface area (Å²) in [5, 5.41) is 3.30. The van der Waals surface area contributed by atoms with E-state index < -0.39 is 11.7 Å². The summed E-state index contributed by atoms with van der Waals surface area (Å²) < 4.78 is 46.6. The highest BCUT2D eigenvalue weighted by Crippen LogP contribution is 2.44. The quantitative estimate of drug-likeness (QED) is 0.869. The summed E-state index contributed by atoms with van der Waals surface area (Å²) in [6, 6.07) is 8.73. The number of piperazine rings is 1. The van der Waals surface area contributed by atoms with Gasteiger partial charge in [0.1, 0.15) is 5.75 Å². The number of hydrogen-bond acceptors (Lipinski definition) is 3. The molecule has 26 heavy (non-hydrogen) atoms. The van der Waals surface area contributed by atoms with Crippen LogP contribution in [-0.4, -0.2) is 31.6 Å². The molecule has 138 valence electrons. The van der Waals surface area contributed by atoms with E-state index >= 15 is 0 Å². The van der Waals surface area contributed by atoms with Crippen LogP contribution in [0.2, 0.25) is 0 Å². The minimum Gasteiger partial charge on any atom is -0.497 e. The highest BCUT2D eigenvalue weighted by atomic mass is 19.4. The maximum Gasteiger partial charge on any atom is 0.416 e. The molecule has 0 aliphatic carbocycles. The van der Waals surface area contributed by atoms with Crippen LogP contribution in [0, 0.1) is 6.92 Å². The van der Waals surface area contributed by atoms with Crippen molar-refractivity contribution in [3.05, 3.63) is 52.6 Å². The lowest BCUT2D eigenvalue weighted by atomic mass is 9.91. The summed E-state index contributed by atoms with van der Waals surface area (Å²) in [4.78, 5) is 2.14. The van der Waals surface area contributed by atoms with Crippen molar-refractivity contribution < 1.29 is 17.9 Å². The zero-order valence-corrected chi connectivity index (χ0v) is 14.8. The van der Waals surface area contributed by atoms with Crippen molar-refractivity contribution in [1.29, 1.82) is 0 Å². The number of ether oxygens (including phenoxy) is 1. The summed E-state index contributed by atoms with van der Waals surface area (Å²) in [6.45, 7) is 4.55. The third kappa shape index (κ3) is 2.87. The molecule has 1 atom stereocenters. The Morgan fingerprint density at radius 2 is 2.00 bits per heavy atom. The molecule has 0 radical (unpaired) electrons. The van der Waals surface area contributed by atoms with Gasteiger partial charge in [0.15, 0.2) is 0 Å². The van der Waals surface area contributed by atoms with E-state index in [9.17, 15) is 13.2 Å². The van der Waals surface area contributed by atoms with Gasteiger partial charge in [-0.2, -0.15) is 13.2 Å². The third-order valence-electron chi connectivity index (χ3n) is 5.41. The van der Waals surface area contributed by atoms with E-state index in [1.165, 1.54) is 6.07 Å². The van der Waals surface area contributed by atoms with Crippen LogP contribution in [0.15, 0.2) is 30.3 Å². The maximum atomic E-state index is 13.8. The highest BCUT2D eigenvalue weighted by molar-refractivity contribution is 5.71. The SMILES string of the molecule is COc1ccc(-c2cc3c(c(C(F)(F)F)c2)CN2CCNC[C@@H]32)c(C)c1. The van der Waals surface area contributed by atoms with Crippen LogP contribution < -0.4 is 10.1 Å². The average Bonchev–Trinajstić information content (AvgIpc) is 2.98. The lowest BCUT2D eigenvalue weighted by molar-refractivity contribution is -0.138. The molecule has 6 heteroatoms. The number of fused-ring (bicyclic) bond motifs is 3. The second-order valence-corrected chi connectivity index (χ2v) is 6.96. The number of nitrogens with zero attached hydrogens (tertiary/aromatic N) is 1. The monoisotopic (exact) mass is 362 g/mol. The summed E-state index contributed by atoms with van der Waals surface area (Å²) in [7, 11) is 1.58. The van der Waals surface area contributed by atoms with Crippen molar-refractivity contribution >= 4 is 0 Å². The fourth-order valence-electron chi connectivity index (χ4n) is 4.11. The summed E-state index contributed by atoms with van der Waals surface area (Å²) in [5.74, 6) is 0.700. The molecule has 2 aliphatic rings. The molecule has 0 spiro atoms. The standard InChI is InChI=1S/C20H21F3N2O/c1-12-7-14(26-2)3-4-15(12)13-8-16-17(18(9-13)20(21,22)23)11-25-6-5-24-10-19(16)25/h3-4,7-9,19,24H,5-6,10-11H2,1-2H3/t19-/m0/s1. The predicted octanol–water partition coefficient (Wildman–Crippen LogP) is 4.15. The van der Waals surface area contributed by atoms with Crippen LogP contribution in [0.1, 0.15) is 28.3 Å². The van der Waals surface area contributed by atoms with Crippen molar-refractivity contribution in [1.82, 2.24) is 10.2 Å². The van der Waals surface area contributed by atoms with E-state index in [1.54, 1.807) is 13.2 Å². The van der Waals surface area contributed by atoms with Crippen LogP contribution in [0.3, 0.4) is 0 Å². The number of methoxy groups -OCH3 is 1. The summed E-state index contributed by atoms with van der Waals surface area (Å²) >= 11 is 0. The third-order valence-corrected chi connectivity index (χ3v) is 5.41. The van der Waals surface area contributed by atoms with E-state index in [0.717, 1.165) is 29.8 Å². The Hall–Kier alpha value is -2.05. The first-order chi connectivity index (χ1) is 12.4. The molecule has 1 N–H and O–H groups in total. The van der Waals surface area contributed by atoms with Crippen LogP contribution in [0.5, 0.6) is 5.75 Å². The lowest BCUT2D eigenvalue weighted by Gasteiger charge is -2.30. The van der Waals surface area contributed by atoms with Gasteiger partial charge in [0.2, 0.25) is 0 Å². The number of rotatable bonds is 2. The number of alkyl halides is 3. The number of hydrogen-bond donors (Lipinski definition) is 1. The summed E-state index contributed by atoms with van der Waals surface area (Å²) in [5.41, 5.74) is 3.05. The fraction of sp³-hybridized carbons (Fsp3) is 0.400.